The third-order valence-corrected chi connectivity index (χ3v) is 2.67. The van der Waals surface area contributed by atoms with Gasteiger partial charge in [0.25, 0.3) is 0 Å². The second kappa shape index (κ2) is 4.05. The van der Waals surface area contributed by atoms with Crippen LogP contribution in [0.25, 0.3) is 21.9 Å². The molecule has 3 heterocycles. The second-order valence-electron chi connectivity index (χ2n) is 3.94. The summed E-state index contributed by atoms with van der Waals surface area (Å²) in [6.07, 6.45) is 4.57. The summed E-state index contributed by atoms with van der Waals surface area (Å²) in [6.45, 7) is 2.76. The Morgan fingerprint density at radius 2 is 2.24 bits per heavy atom. The van der Waals surface area contributed by atoms with Crippen LogP contribution < -0.4 is 4.74 Å². The molecule has 0 radical (unpaired) electrons. The molecule has 3 aromatic rings. The van der Waals surface area contributed by atoms with E-state index in [1.54, 1.807) is 12.4 Å². The number of aromatic amines is 1. The van der Waals surface area contributed by atoms with Crippen LogP contribution in [0.2, 0.25) is 0 Å². The van der Waals surface area contributed by atoms with E-state index >= 15 is 0 Å². The summed E-state index contributed by atoms with van der Waals surface area (Å²) in [7, 11) is 0. The zero-order valence-electron chi connectivity index (χ0n) is 9.60. The number of pyridine rings is 2. The molecule has 0 unspecified atom stereocenters. The minimum atomic E-state index is 0.658. The fraction of sp³-hybridized carbons (Fsp3) is 0.231. The van der Waals surface area contributed by atoms with E-state index in [0.29, 0.717) is 12.5 Å². The van der Waals surface area contributed by atoms with Gasteiger partial charge in [-0.05, 0) is 18.6 Å². The quantitative estimate of drug-likeness (QED) is 0.748. The molecule has 4 nitrogen and oxygen atoms in total. The van der Waals surface area contributed by atoms with Crippen molar-refractivity contribution in [2.45, 2.75) is 13.3 Å². The average Bonchev–Trinajstić information content (AvgIpc) is 2.74. The third-order valence-electron chi connectivity index (χ3n) is 2.67. The molecule has 3 aromatic heterocycles. The van der Waals surface area contributed by atoms with E-state index < -0.39 is 0 Å². The van der Waals surface area contributed by atoms with Crippen LogP contribution >= 0.6 is 0 Å². The van der Waals surface area contributed by atoms with E-state index in [1.165, 1.54) is 0 Å². The SMILES string of the molecule is CCCOc1cc2c(cn1)[nH]c1cccnc12. The molecule has 0 aliphatic rings. The molecular weight excluding hydrogens is 214 g/mol. The molecule has 0 spiro atoms. The fourth-order valence-electron chi connectivity index (χ4n) is 1.88. The van der Waals surface area contributed by atoms with Gasteiger partial charge in [-0.25, -0.2) is 4.98 Å². The molecule has 4 heteroatoms. The monoisotopic (exact) mass is 227 g/mol. The number of rotatable bonds is 3. The minimum Gasteiger partial charge on any atom is -0.478 e. The van der Waals surface area contributed by atoms with Crippen LogP contribution in [0.15, 0.2) is 30.6 Å². The van der Waals surface area contributed by atoms with Crippen LogP contribution in [0.1, 0.15) is 13.3 Å². The van der Waals surface area contributed by atoms with Crippen LogP contribution in [-0.4, -0.2) is 21.6 Å². The lowest BCUT2D eigenvalue weighted by molar-refractivity contribution is 0.306. The van der Waals surface area contributed by atoms with Gasteiger partial charge in [0.2, 0.25) is 5.88 Å². The molecule has 0 aromatic carbocycles. The van der Waals surface area contributed by atoms with Crippen molar-refractivity contribution in [2.75, 3.05) is 6.61 Å². The molecule has 86 valence electrons. The first-order valence-electron chi connectivity index (χ1n) is 5.73. The van der Waals surface area contributed by atoms with Gasteiger partial charge in [-0.2, -0.15) is 0 Å². The normalized spacial score (nSPS) is 11.1. The highest BCUT2D eigenvalue weighted by Crippen LogP contribution is 2.25. The van der Waals surface area contributed by atoms with Gasteiger partial charge >= 0.3 is 0 Å². The summed E-state index contributed by atoms with van der Waals surface area (Å²) in [6, 6.07) is 5.87. The van der Waals surface area contributed by atoms with Crippen molar-refractivity contribution >= 4 is 21.9 Å². The Bertz CT molecular complexity index is 660. The summed E-state index contributed by atoms with van der Waals surface area (Å²) in [5, 5.41) is 1.06. The molecule has 0 saturated heterocycles. The second-order valence-corrected chi connectivity index (χ2v) is 3.94. The van der Waals surface area contributed by atoms with Crippen molar-refractivity contribution in [3.63, 3.8) is 0 Å². The summed E-state index contributed by atoms with van der Waals surface area (Å²) in [5.74, 6) is 0.658. The average molecular weight is 227 g/mol. The Labute approximate surface area is 98.7 Å². The Kier molecular flexibility index (Phi) is 2.40. The van der Waals surface area contributed by atoms with E-state index in [-0.39, 0.29) is 0 Å². The number of H-pyrrole nitrogens is 1. The third kappa shape index (κ3) is 1.71. The van der Waals surface area contributed by atoms with Crippen molar-refractivity contribution in [2.24, 2.45) is 0 Å². The molecule has 3 rings (SSSR count). The number of hydrogen-bond acceptors (Lipinski definition) is 3. The summed E-state index contributed by atoms with van der Waals surface area (Å²) in [4.78, 5) is 11.9. The van der Waals surface area contributed by atoms with Gasteiger partial charge in [0.15, 0.2) is 0 Å². The van der Waals surface area contributed by atoms with Crippen molar-refractivity contribution in [1.82, 2.24) is 15.0 Å². The molecule has 17 heavy (non-hydrogen) atoms. The van der Waals surface area contributed by atoms with E-state index in [4.69, 9.17) is 4.74 Å². The van der Waals surface area contributed by atoms with E-state index in [1.807, 2.05) is 18.2 Å². The molecule has 0 amide bonds. The van der Waals surface area contributed by atoms with E-state index in [9.17, 15) is 0 Å². The number of aromatic nitrogens is 3. The smallest absolute Gasteiger partial charge is 0.213 e. The van der Waals surface area contributed by atoms with Crippen LogP contribution in [-0.2, 0) is 0 Å². The van der Waals surface area contributed by atoms with Crippen LogP contribution in [0.5, 0.6) is 5.88 Å². The zero-order valence-corrected chi connectivity index (χ0v) is 9.60. The standard InChI is InChI=1S/C13H13N3O/c1-2-6-17-12-7-9-11(8-15-12)16-10-4-3-5-14-13(9)10/h3-5,7-8,16H,2,6H2,1H3. The molecular formula is C13H13N3O. The van der Waals surface area contributed by atoms with Gasteiger partial charge in [-0.15, -0.1) is 0 Å². The number of nitrogens with zero attached hydrogens (tertiary/aromatic N) is 2. The Balaban J connectivity index is 2.16. The van der Waals surface area contributed by atoms with E-state index in [2.05, 4.69) is 21.9 Å². The van der Waals surface area contributed by atoms with Crippen molar-refractivity contribution in [1.29, 1.82) is 0 Å². The number of nitrogens with one attached hydrogen (secondary N) is 1. The van der Waals surface area contributed by atoms with Crippen LogP contribution in [0.3, 0.4) is 0 Å². The molecule has 0 aliphatic carbocycles. The zero-order chi connectivity index (χ0) is 11.7. The predicted octanol–water partition coefficient (Wildman–Crippen LogP) is 2.90. The molecule has 0 aliphatic heterocycles. The van der Waals surface area contributed by atoms with Gasteiger partial charge in [0, 0.05) is 17.6 Å². The maximum atomic E-state index is 5.53. The maximum absolute atomic E-state index is 5.53. The fourth-order valence-corrected chi connectivity index (χ4v) is 1.88. The van der Waals surface area contributed by atoms with Gasteiger partial charge in [-0.3, -0.25) is 4.98 Å². The summed E-state index contributed by atoms with van der Waals surface area (Å²) in [5.41, 5.74) is 2.98. The Morgan fingerprint density at radius 3 is 3.12 bits per heavy atom. The first kappa shape index (κ1) is 10.1. The molecule has 0 saturated carbocycles. The van der Waals surface area contributed by atoms with Crippen molar-refractivity contribution < 1.29 is 4.74 Å². The summed E-state index contributed by atoms with van der Waals surface area (Å²) >= 11 is 0. The highest BCUT2D eigenvalue weighted by molar-refractivity contribution is 6.04. The maximum Gasteiger partial charge on any atom is 0.213 e. The lowest BCUT2D eigenvalue weighted by Crippen LogP contribution is -1.96. The number of fused-ring (bicyclic) bond motifs is 3. The largest absolute Gasteiger partial charge is 0.478 e. The molecule has 0 fully saturated rings. The Morgan fingerprint density at radius 1 is 1.29 bits per heavy atom. The van der Waals surface area contributed by atoms with Crippen LogP contribution in [0.4, 0.5) is 0 Å². The van der Waals surface area contributed by atoms with Crippen molar-refractivity contribution in [3.05, 3.63) is 30.6 Å². The van der Waals surface area contributed by atoms with E-state index in [0.717, 1.165) is 28.4 Å². The summed E-state index contributed by atoms with van der Waals surface area (Å²) < 4.78 is 5.53. The van der Waals surface area contributed by atoms with Crippen molar-refractivity contribution in [3.8, 4) is 5.88 Å². The minimum absolute atomic E-state index is 0.658. The molecule has 0 atom stereocenters. The first-order valence-corrected chi connectivity index (χ1v) is 5.73. The Hall–Kier alpha value is -2.10. The van der Waals surface area contributed by atoms with Gasteiger partial charge in [0.1, 0.15) is 0 Å². The van der Waals surface area contributed by atoms with Gasteiger partial charge in [0.05, 0.1) is 29.4 Å². The molecule has 1 N–H and O–H groups in total. The van der Waals surface area contributed by atoms with Gasteiger partial charge < -0.3 is 9.72 Å². The van der Waals surface area contributed by atoms with Crippen LogP contribution in [0, 0.1) is 0 Å². The predicted molar refractivity (Wildman–Crippen MR) is 67.2 cm³/mol. The van der Waals surface area contributed by atoms with Gasteiger partial charge in [-0.1, -0.05) is 6.92 Å². The molecule has 0 bridgehead atoms. The first-order chi connectivity index (χ1) is 8.38. The highest BCUT2D eigenvalue weighted by atomic mass is 16.5. The lowest BCUT2D eigenvalue weighted by Gasteiger charge is -2.02. The topological polar surface area (TPSA) is 50.8 Å². The number of hydrogen-bond donors (Lipinski definition) is 1. The highest BCUT2D eigenvalue weighted by Gasteiger charge is 2.06. The lowest BCUT2D eigenvalue weighted by atomic mass is 10.3. The number of ether oxygens (including phenoxy) is 1.